The number of Topliss-reactive ketones (excluding diaryl/α,β-unsaturated/α-hetero) is 1. The van der Waals surface area contributed by atoms with Crippen molar-refractivity contribution in [3.8, 4) is 5.75 Å². The van der Waals surface area contributed by atoms with E-state index in [1.807, 2.05) is 57.1 Å². The topological polar surface area (TPSA) is 96.4 Å². The number of aliphatic hydroxyl groups is 1. The van der Waals surface area contributed by atoms with Crippen LogP contribution < -0.4 is 14.5 Å². The van der Waals surface area contributed by atoms with E-state index in [0.29, 0.717) is 35.1 Å². The van der Waals surface area contributed by atoms with Crippen LogP contribution in [0, 0.1) is 5.92 Å². The third-order valence-electron chi connectivity index (χ3n) is 6.41. The number of carbonyl (C=O) groups is 3. The average molecular weight is 529 g/mol. The van der Waals surface area contributed by atoms with Gasteiger partial charge in [0.2, 0.25) is 0 Å². The summed E-state index contributed by atoms with van der Waals surface area (Å²) in [4.78, 5) is 42.4. The highest BCUT2D eigenvalue weighted by Gasteiger charge is 2.47. The quantitative estimate of drug-likeness (QED) is 0.186. The summed E-state index contributed by atoms with van der Waals surface area (Å²) >= 11 is 0. The Hall–Kier alpha value is -4.59. The van der Waals surface area contributed by atoms with E-state index in [1.165, 1.54) is 18.1 Å². The van der Waals surface area contributed by atoms with Gasteiger partial charge in [0, 0.05) is 31.0 Å². The maximum Gasteiger partial charge on any atom is 0.337 e. The van der Waals surface area contributed by atoms with Gasteiger partial charge in [-0.25, -0.2) is 4.79 Å². The average Bonchev–Trinajstić information content (AvgIpc) is 3.21. The summed E-state index contributed by atoms with van der Waals surface area (Å²) in [5, 5.41) is 11.5. The molecule has 8 heteroatoms. The minimum absolute atomic E-state index is 0.0536. The molecule has 1 aliphatic rings. The summed E-state index contributed by atoms with van der Waals surface area (Å²) in [6.07, 6.45) is 0. The molecule has 3 aromatic rings. The molecule has 1 N–H and O–H groups in total. The van der Waals surface area contributed by atoms with Gasteiger partial charge in [-0.2, -0.15) is 0 Å². The molecule has 0 aliphatic carbocycles. The third kappa shape index (κ3) is 5.65. The monoisotopic (exact) mass is 528 g/mol. The van der Waals surface area contributed by atoms with Crippen molar-refractivity contribution in [2.45, 2.75) is 19.9 Å². The van der Waals surface area contributed by atoms with Crippen molar-refractivity contribution < 1.29 is 29.0 Å². The van der Waals surface area contributed by atoms with Crippen LogP contribution in [0.1, 0.15) is 41.4 Å². The van der Waals surface area contributed by atoms with Crippen LogP contribution in [-0.4, -0.2) is 50.6 Å². The molecule has 0 radical (unpaired) electrons. The molecule has 3 aromatic carbocycles. The molecule has 1 unspecified atom stereocenters. The number of amides is 1. The highest BCUT2D eigenvalue weighted by atomic mass is 16.5. The molecule has 1 fully saturated rings. The first-order valence-electron chi connectivity index (χ1n) is 12.6. The second kappa shape index (κ2) is 11.4. The zero-order chi connectivity index (χ0) is 28.3. The first-order valence-corrected chi connectivity index (χ1v) is 12.6. The SMILES string of the molecule is COC(=O)c1cccc(N2C(=O)C(=O)/C(=C(/O)c3cccc(OCC(C)C)c3)C2c2ccc(N(C)C)cc2)c1. The summed E-state index contributed by atoms with van der Waals surface area (Å²) in [5.41, 5.74) is 2.41. The molecule has 0 spiro atoms. The smallest absolute Gasteiger partial charge is 0.337 e. The third-order valence-corrected chi connectivity index (χ3v) is 6.41. The van der Waals surface area contributed by atoms with Gasteiger partial charge < -0.3 is 19.5 Å². The van der Waals surface area contributed by atoms with Crippen molar-refractivity contribution in [1.29, 1.82) is 0 Å². The Balaban J connectivity index is 1.88. The van der Waals surface area contributed by atoms with Crippen LogP contribution in [0.3, 0.4) is 0 Å². The maximum atomic E-state index is 13.5. The van der Waals surface area contributed by atoms with Gasteiger partial charge in [0.1, 0.15) is 11.5 Å². The molecular weight excluding hydrogens is 496 g/mol. The Morgan fingerprint density at radius 1 is 0.974 bits per heavy atom. The number of rotatable bonds is 8. The van der Waals surface area contributed by atoms with Gasteiger partial charge in [-0.15, -0.1) is 0 Å². The number of ether oxygens (including phenoxy) is 2. The second-order valence-corrected chi connectivity index (χ2v) is 9.93. The predicted molar refractivity (Wildman–Crippen MR) is 150 cm³/mol. The molecule has 0 aromatic heterocycles. The van der Waals surface area contributed by atoms with Crippen LogP contribution >= 0.6 is 0 Å². The molecule has 1 amide bonds. The van der Waals surface area contributed by atoms with Gasteiger partial charge in [0.25, 0.3) is 11.7 Å². The molecule has 4 rings (SSSR count). The van der Waals surface area contributed by atoms with Crippen LogP contribution in [-0.2, 0) is 14.3 Å². The van der Waals surface area contributed by atoms with Gasteiger partial charge in [-0.05, 0) is 53.9 Å². The number of hydrogen-bond acceptors (Lipinski definition) is 7. The lowest BCUT2D eigenvalue weighted by Gasteiger charge is -2.26. The van der Waals surface area contributed by atoms with E-state index in [0.717, 1.165) is 5.69 Å². The van der Waals surface area contributed by atoms with E-state index >= 15 is 0 Å². The van der Waals surface area contributed by atoms with Crippen molar-refractivity contribution in [2.75, 3.05) is 37.6 Å². The van der Waals surface area contributed by atoms with Crippen molar-refractivity contribution >= 4 is 34.8 Å². The number of esters is 1. The van der Waals surface area contributed by atoms with E-state index < -0.39 is 23.7 Å². The van der Waals surface area contributed by atoms with E-state index in [2.05, 4.69) is 0 Å². The van der Waals surface area contributed by atoms with Gasteiger partial charge in [0.05, 0.1) is 30.9 Å². The van der Waals surface area contributed by atoms with E-state index in [9.17, 15) is 19.5 Å². The zero-order valence-corrected chi connectivity index (χ0v) is 22.7. The first kappa shape index (κ1) is 27.4. The molecule has 202 valence electrons. The van der Waals surface area contributed by atoms with Crippen molar-refractivity contribution in [3.05, 3.63) is 95.1 Å². The maximum absolute atomic E-state index is 13.5. The number of carbonyl (C=O) groups excluding carboxylic acids is 3. The van der Waals surface area contributed by atoms with E-state index in [4.69, 9.17) is 9.47 Å². The minimum atomic E-state index is -0.936. The molecule has 0 bridgehead atoms. The number of methoxy groups -OCH3 is 1. The molecule has 39 heavy (non-hydrogen) atoms. The molecule has 1 atom stereocenters. The van der Waals surface area contributed by atoms with E-state index in [1.54, 1.807) is 42.5 Å². The van der Waals surface area contributed by atoms with Gasteiger partial charge in [0.15, 0.2) is 0 Å². The molecule has 1 heterocycles. The van der Waals surface area contributed by atoms with Crippen LogP contribution in [0.25, 0.3) is 5.76 Å². The standard InChI is InChI=1S/C31H32N2O6/c1-19(2)18-39-25-11-7-8-21(17-25)28(34)26-27(20-12-14-23(15-13-20)32(3)4)33(30(36)29(26)35)24-10-6-9-22(16-24)31(37)38-5/h6-17,19,27,34H,18H2,1-5H3/b28-26+. The summed E-state index contributed by atoms with van der Waals surface area (Å²) in [6, 6.07) is 19.6. The Morgan fingerprint density at radius 3 is 2.28 bits per heavy atom. The van der Waals surface area contributed by atoms with Gasteiger partial charge >= 0.3 is 5.97 Å². The Kier molecular flexibility index (Phi) is 8.04. The Labute approximate surface area is 228 Å². The Bertz CT molecular complexity index is 1430. The molecular formula is C31H32N2O6. The number of benzene rings is 3. The first-order chi connectivity index (χ1) is 18.6. The summed E-state index contributed by atoms with van der Waals surface area (Å²) in [5.74, 6) is -1.67. The fraction of sp³-hybridized carbons (Fsp3) is 0.258. The van der Waals surface area contributed by atoms with Crippen LogP contribution in [0.5, 0.6) is 5.75 Å². The number of aliphatic hydroxyl groups excluding tert-OH is 1. The normalized spacial score (nSPS) is 16.5. The number of ketones is 1. The lowest BCUT2D eigenvalue weighted by atomic mass is 9.94. The van der Waals surface area contributed by atoms with Crippen molar-refractivity contribution in [1.82, 2.24) is 0 Å². The second-order valence-electron chi connectivity index (χ2n) is 9.93. The largest absolute Gasteiger partial charge is 0.507 e. The van der Waals surface area contributed by atoms with E-state index in [-0.39, 0.29) is 16.9 Å². The summed E-state index contributed by atoms with van der Waals surface area (Å²) in [7, 11) is 5.09. The predicted octanol–water partition coefficient (Wildman–Crippen LogP) is 5.20. The van der Waals surface area contributed by atoms with Crippen LogP contribution in [0.2, 0.25) is 0 Å². The fourth-order valence-corrected chi connectivity index (χ4v) is 4.42. The molecule has 0 saturated carbocycles. The molecule has 1 aliphatic heterocycles. The lowest BCUT2D eigenvalue weighted by Crippen LogP contribution is -2.29. The number of anilines is 2. The van der Waals surface area contributed by atoms with Gasteiger partial charge in [-0.1, -0.05) is 44.2 Å². The zero-order valence-electron chi connectivity index (χ0n) is 22.7. The summed E-state index contributed by atoms with van der Waals surface area (Å²) in [6.45, 7) is 4.55. The lowest BCUT2D eigenvalue weighted by molar-refractivity contribution is -0.132. The van der Waals surface area contributed by atoms with Crippen molar-refractivity contribution in [3.63, 3.8) is 0 Å². The highest BCUT2D eigenvalue weighted by molar-refractivity contribution is 6.51. The summed E-state index contributed by atoms with van der Waals surface area (Å²) < 4.78 is 10.6. The molecule has 8 nitrogen and oxygen atoms in total. The van der Waals surface area contributed by atoms with Crippen LogP contribution in [0.15, 0.2) is 78.4 Å². The number of hydrogen-bond donors (Lipinski definition) is 1. The fourth-order valence-electron chi connectivity index (χ4n) is 4.42. The minimum Gasteiger partial charge on any atom is -0.507 e. The van der Waals surface area contributed by atoms with Crippen LogP contribution in [0.4, 0.5) is 11.4 Å². The highest BCUT2D eigenvalue weighted by Crippen LogP contribution is 2.43. The van der Waals surface area contributed by atoms with Gasteiger partial charge in [-0.3, -0.25) is 14.5 Å². The molecule has 1 saturated heterocycles. The van der Waals surface area contributed by atoms with Crippen molar-refractivity contribution in [2.24, 2.45) is 5.92 Å². The Morgan fingerprint density at radius 2 is 1.64 bits per heavy atom. The number of nitrogens with zero attached hydrogens (tertiary/aromatic N) is 2.